The molecule has 144 valence electrons. The number of benzene rings is 1. The first-order valence-electron chi connectivity index (χ1n) is 8.57. The highest BCUT2D eigenvalue weighted by atomic mass is 16.5. The second-order valence-corrected chi connectivity index (χ2v) is 6.25. The summed E-state index contributed by atoms with van der Waals surface area (Å²) in [6, 6.07) is 6.36. The Morgan fingerprint density at radius 1 is 1.14 bits per heavy atom. The van der Waals surface area contributed by atoms with Crippen molar-refractivity contribution in [3.8, 4) is 0 Å². The number of rotatable bonds is 6. The van der Waals surface area contributed by atoms with Crippen LogP contribution in [0.2, 0.25) is 0 Å². The number of amides is 1. The number of hydrogen-bond donors (Lipinski definition) is 1. The molecule has 0 radical (unpaired) electrons. The van der Waals surface area contributed by atoms with Gasteiger partial charge in [0.2, 0.25) is 5.91 Å². The maximum absolute atomic E-state index is 12.2. The van der Waals surface area contributed by atoms with Gasteiger partial charge in [-0.3, -0.25) is 14.4 Å². The number of nitrogens with one attached hydrogen (secondary N) is 1. The summed E-state index contributed by atoms with van der Waals surface area (Å²) in [5.74, 6) is -0.598. The van der Waals surface area contributed by atoms with E-state index in [0.29, 0.717) is 28.3 Å². The summed E-state index contributed by atoms with van der Waals surface area (Å²) in [5, 5.41) is 6.69. The van der Waals surface area contributed by atoms with Gasteiger partial charge < -0.3 is 10.1 Å². The summed E-state index contributed by atoms with van der Waals surface area (Å²) >= 11 is 0. The molecule has 0 spiro atoms. The van der Waals surface area contributed by atoms with Crippen LogP contribution in [0.4, 0.5) is 5.69 Å². The van der Waals surface area contributed by atoms with E-state index in [0.717, 1.165) is 5.69 Å². The third-order valence-corrected chi connectivity index (χ3v) is 4.20. The van der Waals surface area contributed by atoms with Crippen molar-refractivity contribution in [2.24, 2.45) is 0 Å². The van der Waals surface area contributed by atoms with Crippen LogP contribution >= 0.6 is 0 Å². The molecule has 3 aromatic rings. The molecule has 0 aliphatic carbocycles. The molecule has 0 bridgehead atoms. The monoisotopic (exact) mass is 381 g/mol. The lowest BCUT2D eigenvalue weighted by Crippen LogP contribution is -2.18. The number of carbonyl (C=O) groups excluding carboxylic acids is 3. The van der Waals surface area contributed by atoms with E-state index in [9.17, 15) is 14.4 Å². The van der Waals surface area contributed by atoms with E-state index in [2.05, 4.69) is 20.4 Å². The van der Waals surface area contributed by atoms with Gasteiger partial charge in [0, 0.05) is 35.1 Å². The Morgan fingerprint density at radius 3 is 2.54 bits per heavy atom. The van der Waals surface area contributed by atoms with Crippen molar-refractivity contribution in [1.82, 2.24) is 19.6 Å². The van der Waals surface area contributed by atoms with Gasteiger partial charge in [0.25, 0.3) is 5.78 Å². The third kappa shape index (κ3) is 4.20. The standard InChI is InChI=1S/C19H19N5O4/c1-11-16(12(2)24-19(22-11)20-10-21-24)8-18(27)28-9-17(26)14-4-6-15(7-5-14)23-13(3)25/h4-7,10H,8-9H2,1-3H3,(H,23,25). The van der Waals surface area contributed by atoms with Crippen molar-refractivity contribution in [3.05, 3.63) is 53.1 Å². The average molecular weight is 381 g/mol. The van der Waals surface area contributed by atoms with Gasteiger partial charge in [-0.2, -0.15) is 10.1 Å². The van der Waals surface area contributed by atoms with Crippen molar-refractivity contribution in [3.63, 3.8) is 0 Å². The van der Waals surface area contributed by atoms with E-state index in [4.69, 9.17) is 4.74 Å². The molecule has 1 N–H and O–H groups in total. The number of ether oxygens (including phenoxy) is 1. The number of ketones is 1. The van der Waals surface area contributed by atoms with Crippen LogP contribution < -0.4 is 5.32 Å². The lowest BCUT2D eigenvalue weighted by molar-refractivity contribution is -0.141. The van der Waals surface area contributed by atoms with E-state index < -0.39 is 5.97 Å². The minimum Gasteiger partial charge on any atom is -0.457 e. The minimum atomic E-state index is -0.532. The molecule has 0 saturated carbocycles. The maximum Gasteiger partial charge on any atom is 0.310 e. The molecule has 1 aromatic carbocycles. The SMILES string of the molecule is CC(=O)Nc1ccc(C(=O)COC(=O)Cc2c(C)nc3ncnn3c2C)cc1. The summed E-state index contributed by atoms with van der Waals surface area (Å²) in [6.07, 6.45) is 1.38. The molecule has 9 nitrogen and oxygen atoms in total. The number of Topliss-reactive ketones (excluding diaryl/α,β-unsaturated/α-hetero) is 1. The number of aromatic nitrogens is 4. The molecule has 2 aromatic heterocycles. The minimum absolute atomic E-state index is 0.0186. The molecule has 0 atom stereocenters. The van der Waals surface area contributed by atoms with E-state index in [-0.39, 0.29) is 24.7 Å². The first-order valence-corrected chi connectivity index (χ1v) is 8.57. The third-order valence-electron chi connectivity index (χ3n) is 4.20. The average Bonchev–Trinajstić information content (AvgIpc) is 3.11. The van der Waals surface area contributed by atoms with Crippen molar-refractivity contribution in [2.45, 2.75) is 27.2 Å². The van der Waals surface area contributed by atoms with Crippen molar-refractivity contribution >= 4 is 29.1 Å². The first kappa shape index (κ1) is 19.2. The van der Waals surface area contributed by atoms with Gasteiger partial charge in [-0.1, -0.05) is 0 Å². The van der Waals surface area contributed by atoms with Crippen LogP contribution in [0.1, 0.15) is 34.2 Å². The molecule has 1 amide bonds. The second kappa shape index (κ2) is 7.95. The number of nitrogens with zero attached hydrogens (tertiary/aromatic N) is 4. The second-order valence-electron chi connectivity index (χ2n) is 6.25. The number of fused-ring (bicyclic) bond motifs is 1. The highest BCUT2D eigenvalue weighted by molar-refractivity contribution is 5.98. The topological polar surface area (TPSA) is 116 Å². The molecule has 2 heterocycles. The Labute approximate surface area is 160 Å². The van der Waals surface area contributed by atoms with Crippen LogP contribution in [0.3, 0.4) is 0 Å². The zero-order valence-electron chi connectivity index (χ0n) is 15.7. The highest BCUT2D eigenvalue weighted by Crippen LogP contribution is 2.14. The molecule has 9 heteroatoms. The van der Waals surface area contributed by atoms with Crippen molar-refractivity contribution in [2.75, 3.05) is 11.9 Å². The van der Waals surface area contributed by atoms with Crippen LogP contribution in [0, 0.1) is 13.8 Å². The van der Waals surface area contributed by atoms with Crippen LogP contribution in [0.5, 0.6) is 0 Å². The quantitative estimate of drug-likeness (QED) is 0.510. The molecule has 0 fully saturated rings. The summed E-state index contributed by atoms with van der Waals surface area (Å²) in [7, 11) is 0. The molecule has 0 unspecified atom stereocenters. The van der Waals surface area contributed by atoms with Gasteiger partial charge >= 0.3 is 5.97 Å². The summed E-state index contributed by atoms with van der Waals surface area (Å²) < 4.78 is 6.68. The number of carbonyl (C=O) groups is 3. The van der Waals surface area contributed by atoms with Crippen LogP contribution in [0.15, 0.2) is 30.6 Å². The van der Waals surface area contributed by atoms with Gasteiger partial charge in [-0.25, -0.2) is 9.50 Å². The van der Waals surface area contributed by atoms with Crippen molar-refractivity contribution in [1.29, 1.82) is 0 Å². The largest absolute Gasteiger partial charge is 0.457 e. The molecule has 0 aliphatic rings. The summed E-state index contributed by atoms with van der Waals surface area (Å²) in [6.45, 7) is 4.64. The number of esters is 1. The highest BCUT2D eigenvalue weighted by Gasteiger charge is 2.16. The molecular weight excluding hydrogens is 362 g/mol. The molecule has 0 saturated heterocycles. The number of anilines is 1. The fourth-order valence-electron chi connectivity index (χ4n) is 2.78. The first-order chi connectivity index (χ1) is 13.3. The van der Waals surface area contributed by atoms with E-state index >= 15 is 0 Å². The molecular formula is C19H19N5O4. The Morgan fingerprint density at radius 2 is 1.86 bits per heavy atom. The summed E-state index contributed by atoms with van der Waals surface area (Å²) in [5.41, 5.74) is 3.07. The van der Waals surface area contributed by atoms with Gasteiger partial charge in [-0.05, 0) is 38.1 Å². The Hall–Kier alpha value is -3.62. The Kier molecular flexibility index (Phi) is 5.44. The van der Waals surface area contributed by atoms with Gasteiger partial charge in [0.15, 0.2) is 12.4 Å². The van der Waals surface area contributed by atoms with Crippen molar-refractivity contribution < 1.29 is 19.1 Å². The lowest BCUT2D eigenvalue weighted by Gasteiger charge is -2.10. The predicted molar refractivity (Wildman–Crippen MR) is 100.0 cm³/mol. The fourth-order valence-corrected chi connectivity index (χ4v) is 2.78. The van der Waals surface area contributed by atoms with Gasteiger partial charge in [0.1, 0.15) is 6.33 Å². The Bertz CT molecular complexity index is 1060. The number of aryl methyl sites for hydroxylation is 2. The van der Waals surface area contributed by atoms with E-state index in [1.54, 1.807) is 35.7 Å². The van der Waals surface area contributed by atoms with E-state index in [1.165, 1.54) is 13.3 Å². The van der Waals surface area contributed by atoms with Crippen LogP contribution in [-0.4, -0.2) is 43.8 Å². The normalized spacial score (nSPS) is 10.7. The Balaban J connectivity index is 1.61. The molecule has 0 aliphatic heterocycles. The van der Waals surface area contributed by atoms with E-state index in [1.807, 2.05) is 6.92 Å². The zero-order chi connectivity index (χ0) is 20.3. The maximum atomic E-state index is 12.2. The van der Waals surface area contributed by atoms with Crippen LogP contribution in [-0.2, 0) is 20.7 Å². The predicted octanol–water partition coefficient (Wildman–Crippen LogP) is 1.67. The van der Waals surface area contributed by atoms with Gasteiger partial charge in [0.05, 0.1) is 6.42 Å². The molecule has 3 rings (SSSR count). The number of hydrogen-bond acceptors (Lipinski definition) is 7. The summed E-state index contributed by atoms with van der Waals surface area (Å²) in [4.78, 5) is 43.8. The fraction of sp³-hybridized carbons (Fsp3) is 0.263. The molecule has 28 heavy (non-hydrogen) atoms. The lowest BCUT2D eigenvalue weighted by atomic mass is 10.1. The smallest absolute Gasteiger partial charge is 0.310 e. The van der Waals surface area contributed by atoms with Crippen LogP contribution in [0.25, 0.3) is 5.78 Å². The zero-order valence-corrected chi connectivity index (χ0v) is 15.7. The van der Waals surface area contributed by atoms with Gasteiger partial charge in [-0.15, -0.1) is 0 Å².